The van der Waals surface area contributed by atoms with E-state index < -0.39 is 11.8 Å². The van der Waals surface area contributed by atoms with E-state index in [0.717, 1.165) is 0 Å². The zero-order chi connectivity index (χ0) is 7.02. The highest BCUT2D eigenvalue weighted by Crippen LogP contribution is 2.16. The van der Waals surface area contributed by atoms with E-state index in [9.17, 15) is 8.78 Å². The topological polar surface area (TPSA) is 13.1 Å². The molecule has 50 valence electrons. The van der Waals surface area contributed by atoms with Crippen molar-refractivity contribution in [2.75, 3.05) is 0 Å². The van der Waals surface area contributed by atoms with Crippen molar-refractivity contribution in [2.24, 2.45) is 0 Å². The maximum absolute atomic E-state index is 12.3. The first-order valence-corrected chi connectivity index (χ1v) is 2.54. The van der Waals surface area contributed by atoms with Crippen LogP contribution in [-0.4, -0.2) is 0 Å². The molecule has 1 heterocycles. The van der Waals surface area contributed by atoms with Gasteiger partial charge in [0.2, 0.25) is 5.82 Å². The second kappa shape index (κ2) is 1.83. The van der Waals surface area contributed by atoms with Crippen LogP contribution in [0.4, 0.5) is 8.78 Å². The van der Waals surface area contributed by atoms with E-state index in [1.807, 2.05) is 0 Å². The molecule has 0 amide bonds. The minimum atomic E-state index is -1.12. The molecule has 1 rings (SSSR count). The smallest absolute Gasteiger partial charge is 0.314 e. The Bertz CT molecular complexity index is 205. The van der Waals surface area contributed by atoms with Crippen LogP contribution in [0.15, 0.2) is 4.42 Å². The number of aryl methyl sites for hydroxylation is 1. The van der Waals surface area contributed by atoms with Crippen molar-refractivity contribution < 1.29 is 13.2 Å². The minimum Gasteiger partial charge on any atom is -0.434 e. The van der Waals surface area contributed by atoms with Gasteiger partial charge in [-0.25, -0.2) is 0 Å². The van der Waals surface area contributed by atoms with Gasteiger partial charge in [0.25, 0.3) is 0 Å². The molecule has 0 aromatic carbocycles. The van der Waals surface area contributed by atoms with Crippen molar-refractivity contribution in [3.05, 3.63) is 23.2 Å². The molecule has 0 atom stereocenters. The Morgan fingerprint density at radius 1 is 1.22 bits per heavy atom. The van der Waals surface area contributed by atoms with Crippen molar-refractivity contribution in [1.82, 2.24) is 0 Å². The van der Waals surface area contributed by atoms with Crippen molar-refractivity contribution >= 4 is 0 Å². The SMILES string of the molecule is Cc1oc(F)c(F)c1C. The van der Waals surface area contributed by atoms with Gasteiger partial charge in [0.05, 0.1) is 0 Å². The van der Waals surface area contributed by atoms with Crippen molar-refractivity contribution in [2.45, 2.75) is 13.8 Å². The average molecular weight is 132 g/mol. The molecule has 0 aliphatic rings. The number of halogens is 2. The molecule has 0 fully saturated rings. The number of hydrogen-bond donors (Lipinski definition) is 0. The molecule has 0 radical (unpaired) electrons. The molecule has 0 spiro atoms. The van der Waals surface area contributed by atoms with Crippen LogP contribution in [0.3, 0.4) is 0 Å². The lowest BCUT2D eigenvalue weighted by atomic mass is 10.3. The molecule has 0 aliphatic carbocycles. The summed E-state index contributed by atoms with van der Waals surface area (Å²) in [5, 5.41) is 0. The van der Waals surface area contributed by atoms with Gasteiger partial charge in [-0.05, 0) is 13.8 Å². The van der Waals surface area contributed by atoms with Crippen LogP contribution in [-0.2, 0) is 0 Å². The number of rotatable bonds is 0. The molecular formula is C6H6F2O. The quantitative estimate of drug-likeness (QED) is 0.527. The van der Waals surface area contributed by atoms with E-state index in [2.05, 4.69) is 4.42 Å². The lowest BCUT2D eigenvalue weighted by Gasteiger charge is -1.80. The van der Waals surface area contributed by atoms with E-state index in [-0.39, 0.29) is 5.56 Å². The third kappa shape index (κ3) is 0.823. The largest absolute Gasteiger partial charge is 0.434 e. The van der Waals surface area contributed by atoms with E-state index in [4.69, 9.17) is 0 Å². The lowest BCUT2D eigenvalue weighted by Crippen LogP contribution is -1.76. The molecular weight excluding hydrogens is 126 g/mol. The van der Waals surface area contributed by atoms with Gasteiger partial charge in [-0.15, -0.1) is 0 Å². The van der Waals surface area contributed by atoms with E-state index in [1.54, 1.807) is 0 Å². The molecule has 3 heteroatoms. The van der Waals surface area contributed by atoms with Gasteiger partial charge >= 0.3 is 6.01 Å². The summed E-state index contributed by atoms with van der Waals surface area (Å²) in [7, 11) is 0. The Balaban J connectivity index is 3.29. The Kier molecular flexibility index (Phi) is 1.27. The Hall–Kier alpha value is -0.860. The molecule has 1 aromatic rings. The fourth-order valence-corrected chi connectivity index (χ4v) is 0.558. The summed E-state index contributed by atoms with van der Waals surface area (Å²) in [4.78, 5) is 0. The first-order chi connectivity index (χ1) is 4.13. The van der Waals surface area contributed by atoms with Crippen molar-refractivity contribution in [1.29, 1.82) is 0 Å². The van der Waals surface area contributed by atoms with Gasteiger partial charge in [-0.2, -0.15) is 8.78 Å². The molecule has 0 aliphatic heterocycles. The van der Waals surface area contributed by atoms with Crippen molar-refractivity contribution in [3.8, 4) is 0 Å². The molecule has 0 saturated heterocycles. The van der Waals surface area contributed by atoms with E-state index >= 15 is 0 Å². The van der Waals surface area contributed by atoms with Crippen LogP contribution < -0.4 is 0 Å². The first kappa shape index (κ1) is 6.26. The third-order valence-electron chi connectivity index (χ3n) is 1.27. The van der Waals surface area contributed by atoms with Gasteiger partial charge in [0, 0.05) is 5.56 Å². The summed E-state index contributed by atoms with van der Waals surface area (Å²) in [6.45, 7) is 2.98. The van der Waals surface area contributed by atoms with Crippen LogP contribution in [0.25, 0.3) is 0 Å². The zero-order valence-electron chi connectivity index (χ0n) is 5.16. The highest BCUT2D eigenvalue weighted by Gasteiger charge is 2.12. The van der Waals surface area contributed by atoms with Gasteiger partial charge in [-0.1, -0.05) is 0 Å². The summed E-state index contributed by atoms with van der Waals surface area (Å²) >= 11 is 0. The summed E-state index contributed by atoms with van der Waals surface area (Å²) in [5.41, 5.74) is 0.243. The maximum atomic E-state index is 12.3. The first-order valence-electron chi connectivity index (χ1n) is 2.54. The van der Waals surface area contributed by atoms with Gasteiger partial charge < -0.3 is 4.42 Å². The monoisotopic (exact) mass is 132 g/mol. The van der Waals surface area contributed by atoms with Crippen molar-refractivity contribution in [3.63, 3.8) is 0 Å². The second-order valence-electron chi connectivity index (χ2n) is 1.87. The summed E-state index contributed by atoms with van der Waals surface area (Å²) in [5.74, 6) is -0.586. The van der Waals surface area contributed by atoms with E-state index in [0.29, 0.717) is 5.76 Å². The fraction of sp³-hybridized carbons (Fsp3) is 0.333. The predicted octanol–water partition coefficient (Wildman–Crippen LogP) is 2.17. The minimum absolute atomic E-state index is 0.243. The van der Waals surface area contributed by atoms with Gasteiger partial charge in [0.15, 0.2) is 0 Å². The molecule has 9 heavy (non-hydrogen) atoms. The summed E-state index contributed by atoms with van der Waals surface area (Å²) in [6.07, 6.45) is 0. The Morgan fingerprint density at radius 2 is 1.78 bits per heavy atom. The van der Waals surface area contributed by atoms with Crippen LogP contribution in [0.1, 0.15) is 11.3 Å². The Morgan fingerprint density at radius 3 is 1.89 bits per heavy atom. The highest BCUT2D eigenvalue weighted by molar-refractivity contribution is 5.15. The molecule has 0 saturated carbocycles. The standard InChI is InChI=1S/C6H6F2O/c1-3-4(2)9-6(8)5(3)7/h1-2H3. The van der Waals surface area contributed by atoms with Crippen LogP contribution >= 0.6 is 0 Å². The molecule has 0 N–H and O–H groups in total. The fourth-order valence-electron chi connectivity index (χ4n) is 0.558. The normalized spacial score (nSPS) is 10.2. The average Bonchev–Trinajstić information content (AvgIpc) is 1.98. The second-order valence-corrected chi connectivity index (χ2v) is 1.87. The summed E-state index contributed by atoms with van der Waals surface area (Å²) < 4.78 is 28.6. The Labute approximate surface area is 51.3 Å². The molecule has 1 aromatic heterocycles. The molecule has 0 bridgehead atoms. The number of hydrogen-bond acceptors (Lipinski definition) is 1. The van der Waals surface area contributed by atoms with Crippen LogP contribution in [0.2, 0.25) is 0 Å². The van der Waals surface area contributed by atoms with E-state index in [1.165, 1.54) is 13.8 Å². The van der Waals surface area contributed by atoms with Gasteiger partial charge in [0.1, 0.15) is 5.76 Å². The van der Waals surface area contributed by atoms with Gasteiger partial charge in [-0.3, -0.25) is 0 Å². The lowest BCUT2D eigenvalue weighted by molar-refractivity contribution is 0.317. The van der Waals surface area contributed by atoms with Crippen LogP contribution in [0, 0.1) is 25.7 Å². The highest BCUT2D eigenvalue weighted by atomic mass is 19.2. The predicted molar refractivity (Wildman–Crippen MR) is 28.1 cm³/mol. The van der Waals surface area contributed by atoms with Crippen LogP contribution in [0.5, 0.6) is 0 Å². The molecule has 0 unspecified atom stereocenters. The third-order valence-corrected chi connectivity index (χ3v) is 1.27. The maximum Gasteiger partial charge on any atom is 0.314 e. The number of furan rings is 1. The summed E-state index contributed by atoms with van der Waals surface area (Å²) in [6, 6.07) is -1.12. The zero-order valence-corrected chi connectivity index (χ0v) is 5.16. The molecule has 1 nitrogen and oxygen atoms in total.